The van der Waals surface area contributed by atoms with Gasteiger partial charge in [-0.1, -0.05) is 12.1 Å². The first-order valence-corrected chi connectivity index (χ1v) is 7.77. The molecule has 0 saturated heterocycles. The van der Waals surface area contributed by atoms with Crippen LogP contribution in [0.1, 0.15) is 26.3 Å². The number of halogens is 1. The molecule has 6 nitrogen and oxygen atoms in total. The van der Waals surface area contributed by atoms with Crippen molar-refractivity contribution in [2.45, 2.75) is 26.4 Å². The topological polar surface area (TPSA) is 84.9 Å². The molecule has 2 N–H and O–H groups in total. The molecule has 126 valence electrons. The summed E-state index contributed by atoms with van der Waals surface area (Å²) in [4.78, 5) is 22.1. The molecular weight excluding hydrogens is 366 g/mol. The molecule has 1 rings (SSSR count). The van der Waals surface area contributed by atoms with Crippen LogP contribution in [0.2, 0.25) is 0 Å². The van der Waals surface area contributed by atoms with Crippen molar-refractivity contribution in [3.63, 3.8) is 0 Å². The molecule has 0 saturated carbocycles. The van der Waals surface area contributed by atoms with Gasteiger partial charge < -0.3 is 19.9 Å². The fourth-order valence-electron chi connectivity index (χ4n) is 1.59. The number of alkyl carbamates (subject to hydrolysis) is 1. The molecule has 0 aliphatic rings. The van der Waals surface area contributed by atoms with Gasteiger partial charge in [0.2, 0.25) is 0 Å². The van der Waals surface area contributed by atoms with Crippen molar-refractivity contribution in [3.05, 3.63) is 34.3 Å². The Labute approximate surface area is 143 Å². The standard InChI is InChI=1S/C16H20BrNO5/c1-16(2,3)23-15(21)18-9-10-22-14-11(7-8-13(19)20)5-4-6-12(14)17/h4-8H,9-10H2,1-3H3,(H,18,21)(H,19,20)/b8-7+. The van der Waals surface area contributed by atoms with E-state index >= 15 is 0 Å². The van der Waals surface area contributed by atoms with Crippen LogP contribution in [-0.2, 0) is 9.53 Å². The SMILES string of the molecule is CC(C)(C)OC(=O)NCCOc1c(Br)cccc1/C=C/C(=O)O. The average Bonchev–Trinajstić information content (AvgIpc) is 2.41. The van der Waals surface area contributed by atoms with Gasteiger partial charge in [0.05, 0.1) is 11.0 Å². The van der Waals surface area contributed by atoms with Crippen molar-refractivity contribution < 1.29 is 24.2 Å². The molecule has 0 spiro atoms. The van der Waals surface area contributed by atoms with Crippen molar-refractivity contribution >= 4 is 34.1 Å². The molecule has 23 heavy (non-hydrogen) atoms. The van der Waals surface area contributed by atoms with E-state index in [2.05, 4.69) is 21.2 Å². The van der Waals surface area contributed by atoms with Crippen LogP contribution in [0, 0.1) is 0 Å². The third kappa shape index (κ3) is 7.69. The van der Waals surface area contributed by atoms with E-state index in [9.17, 15) is 9.59 Å². The number of aliphatic carboxylic acids is 1. The summed E-state index contributed by atoms with van der Waals surface area (Å²) in [5.41, 5.74) is 0.0707. The van der Waals surface area contributed by atoms with E-state index in [1.165, 1.54) is 6.08 Å². The molecule has 7 heteroatoms. The fraction of sp³-hybridized carbons (Fsp3) is 0.375. The quantitative estimate of drug-likeness (QED) is 0.578. The number of carbonyl (C=O) groups is 2. The highest BCUT2D eigenvalue weighted by Crippen LogP contribution is 2.29. The number of hydrogen-bond acceptors (Lipinski definition) is 4. The third-order valence-corrected chi connectivity index (χ3v) is 3.04. The molecule has 0 unspecified atom stereocenters. The van der Waals surface area contributed by atoms with Gasteiger partial charge in [-0.15, -0.1) is 0 Å². The lowest BCUT2D eigenvalue weighted by molar-refractivity contribution is -0.131. The maximum Gasteiger partial charge on any atom is 0.407 e. The summed E-state index contributed by atoms with van der Waals surface area (Å²) < 4.78 is 11.4. The van der Waals surface area contributed by atoms with Crippen molar-refractivity contribution in [3.8, 4) is 5.75 Å². The number of amides is 1. The molecule has 0 atom stereocenters. The van der Waals surface area contributed by atoms with E-state index < -0.39 is 17.7 Å². The van der Waals surface area contributed by atoms with E-state index in [0.717, 1.165) is 6.08 Å². The van der Waals surface area contributed by atoms with Gasteiger partial charge in [0.1, 0.15) is 18.0 Å². The molecule has 0 bridgehead atoms. The Morgan fingerprint density at radius 1 is 1.35 bits per heavy atom. The molecular formula is C16H20BrNO5. The monoisotopic (exact) mass is 385 g/mol. The van der Waals surface area contributed by atoms with Gasteiger partial charge in [0.15, 0.2) is 0 Å². The van der Waals surface area contributed by atoms with E-state index in [4.69, 9.17) is 14.6 Å². The van der Waals surface area contributed by atoms with Crippen LogP contribution < -0.4 is 10.1 Å². The number of para-hydroxylation sites is 1. The van der Waals surface area contributed by atoms with Crippen LogP contribution in [0.15, 0.2) is 28.7 Å². The molecule has 0 radical (unpaired) electrons. The number of hydrogen-bond donors (Lipinski definition) is 2. The summed E-state index contributed by atoms with van der Waals surface area (Å²) in [5, 5.41) is 11.3. The first kappa shape index (κ1) is 19.0. The van der Waals surface area contributed by atoms with E-state index in [1.54, 1.807) is 39.0 Å². The first-order valence-electron chi connectivity index (χ1n) is 6.98. The van der Waals surface area contributed by atoms with Gasteiger partial charge in [-0.3, -0.25) is 0 Å². The second-order valence-corrected chi connectivity index (χ2v) is 6.46. The Balaban J connectivity index is 2.58. The minimum absolute atomic E-state index is 0.218. The second-order valence-electron chi connectivity index (χ2n) is 5.61. The molecule has 1 aromatic carbocycles. The summed E-state index contributed by atoms with van der Waals surface area (Å²) in [7, 11) is 0. The van der Waals surface area contributed by atoms with Crippen LogP contribution in [-0.4, -0.2) is 35.9 Å². The van der Waals surface area contributed by atoms with Crippen LogP contribution in [0.5, 0.6) is 5.75 Å². The normalized spacial score (nSPS) is 11.3. The van der Waals surface area contributed by atoms with Crippen LogP contribution in [0.25, 0.3) is 6.08 Å². The van der Waals surface area contributed by atoms with E-state index in [1.807, 2.05) is 0 Å². The maximum atomic E-state index is 11.5. The van der Waals surface area contributed by atoms with Crippen LogP contribution >= 0.6 is 15.9 Å². The molecule has 0 aliphatic carbocycles. The Bertz CT molecular complexity index is 593. The molecule has 0 aliphatic heterocycles. The number of rotatable bonds is 6. The lowest BCUT2D eigenvalue weighted by atomic mass is 10.2. The van der Waals surface area contributed by atoms with Crippen molar-refractivity contribution in [2.75, 3.05) is 13.2 Å². The van der Waals surface area contributed by atoms with Crippen molar-refractivity contribution in [2.24, 2.45) is 0 Å². The Morgan fingerprint density at radius 3 is 2.65 bits per heavy atom. The van der Waals surface area contributed by atoms with Gasteiger partial charge in [0, 0.05) is 11.6 Å². The maximum absolute atomic E-state index is 11.5. The van der Waals surface area contributed by atoms with Gasteiger partial charge in [-0.05, 0) is 48.8 Å². The third-order valence-electron chi connectivity index (χ3n) is 2.42. The largest absolute Gasteiger partial charge is 0.490 e. The minimum atomic E-state index is -1.04. The van der Waals surface area contributed by atoms with Gasteiger partial charge >= 0.3 is 12.1 Å². The lowest BCUT2D eigenvalue weighted by Gasteiger charge is -2.19. The predicted molar refractivity (Wildman–Crippen MR) is 90.5 cm³/mol. The van der Waals surface area contributed by atoms with Crippen LogP contribution in [0.4, 0.5) is 4.79 Å². The fourth-order valence-corrected chi connectivity index (χ4v) is 2.09. The van der Waals surface area contributed by atoms with Crippen molar-refractivity contribution in [1.82, 2.24) is 5.32 Å². The van der Waals surface area contributed by atoms with Crippen LogP contribution in [0.3, 0.4) is 0 Å². The van der Waals surface area contributed by atoms with E-state index in [-0.39, 0.29) is 13.2 Å². The number of carbonyl (C=O) groups excluding carboxylic acids is 1. The molecule has 1 aromatic rings. The summed E-state index contributed by atoms with van der Waals surface area (Å²) in [5.74, 6) is -0.529. The number of carboxylic acids is 1. The molecule has 0 heterocycles. The smallest absolute Gasteiger partial charge is 0.407 e. The second kappa shape index (κ2) is 8.57. The number of nitrogens with one attached hydrogen (secondary N) is 1. The van der Waals surface area contributed by atoms with Gasteiger partial charge in [-0.2, -0.15) is 0 Å². The Morgan fingerprint density at radius 2 is 2.04 bits per heavy atom. The zero-order valence-electron chi connectivity index (χ0n) is 13.3. The number of ether oxygens (including phenoxy) is 2. The zero-order chi connectivity index (χ0) is 17.5. The summed E-state index contributed by atoms with van der Waals surface area (Å²) >= 11 is 3.36. The van der Waals surface area contributed by atoms with Gasteiger partial charge in [0.25, 0.3) is 0 Å². The number of benzene rings is 1. The molecule has 0 fully saturated rings. The van der Waals surface area contributed by atoms with Crippen molar-refractivity contribution in [1.29, 1.82) is 0 Å². The molecule has 0 aromatic heterocycles. The number of carboxylic acid groups (broad SMARTS) is 1. The van der Waals surface area contributed by atoms with Gasteiger partial charge in [-0.25, -0.2) is 9.59 Å². The summed E-state index contributed by atoms with van der Waals surface area (Å²) in [6.45, 7) is 5.83. The lowest BCUT2D eigenvalue weighted by Crippen LogP contribution is -2.34. The first-order chi connectivity index (χ1) is 10.7. The highest BCUT2D eigenvalue weighted by atomic mass is 79.9. The van der Waals surface area contributed by atoms with E-state index in [0.29, 0.717) is 15.8 Å². The zero-order valence-corrected chi connectivity index (χ0v) is 14.8. The Kier molecular flexibility index (Phi) is 7.09. The predicted octanol–water partition coefficient (Wildman–Crippen LogP) is 3.45. The highest BCUT2D eigenvalue weighted by Gasteiger charge is 2.15. The summed E-state index contributed by atoms with van der Waals surface area (Å²) in [6.07, 6.45) is 1.97. The Hall–Kier alpha value is -2.02. The highest BCUT2D eigenvalue weighted by molar-refractivity contribution is 9.10. The molecule has 1 amide bonds. The minimum Gasteiger partial charge on any atom is -0.490 e. The average molecular weight is 386 g/mol. The summed E-state index contributed by atoms with van der Waals surface area (Å²) in [6, 6.07) is 5.30.